The molecular weight excluding hydrogens is 228 g/mol. The van der Waals surface area contributed by atoms with Crippen LogP contribution in [-0.4, -0.2) is 22.1 Å². The number of hydrogen-bond acceptors (Lipinski definition) is 5. The third-order valence-electron chi connectivity index (χ3n) is 2.42. The Morgan fingerprint density at radius 2 is 2.00 bits per heavy atom. The minimum atomic E-state index is 0.558. The first-order valence-corrected chi connectivity index (χ1v) is 5.73. The lowest BCUT2D eigenvalue weighted by Crippen LogP contribution is -2.05. The summed E-state index contributed by atoms with van der Waals surface area (Å²) in [5.74, 6) is 1.97. The van der Waals surface area contributed by atoms with Crippen molar-refractivity contribution in [2.24, 2.45) is 0 Å². The third kappa shape index (κ3) is 3.16. The largest absolute Gasteiger partial charge is 0.481 e. The third-order valence-corrected chi connectivity index (χ3v) is 2.42. The lowest BCUT2D eigenvalue weighted by molar-refractivity contribution is 0.396. The first kappa shape index (κ1) is 12.3. The molecule has 94 valence electrons. The molecule has 0 aliphatic carbocycles. The van der Waals surface area contributed by atoms with Gasteiger partial charge < -0.3 is 10.1 Å². The van der Waals surface area contributed by atoms with E-state index in [1.807, 2.05) is 32.0 Å². The zero-order valence-electron chi connectivity index (χ0n) is 10.8. The van der Waals surface area contributed by atoms with Crippen molar-refractivity contribution >= 4 is 5.82 Å². The molecule has 2 aromatic heterocycles. The number of aryl methyl sites for hydroxylation is 2. The first-order chi connectivity index (χ1) is 8.67. The van der Waals surface area contributed by atoms with E-state index in [9.17, 15) is 0 Å². The van der Waals surface area contributed by atoms with Crippen LogP contribution < -0.4 is 10.1 Å². The molecule has 2 aromatic rings. The molecule has 0 radical (unpaired) electrons. The van der Waals surface area contributed by atoms with E-state index in [-0.39, 0.29) is 0 Å². The topological polar surface area (TPSA) is 59.9 Å². The minimum Gasteiger partial charge on any atom is -0.481 e. The summed E-state index contributed by atoms with van der Waals surface area (Å²) < 4.78 is 5.10. The van der Waals surface area contributed by atoms with E-state index in [0.29, 0.717) is 18.2 Å². The Hall–Kier alpha value is -2.17. The van der Waals surface area contributed by atoms with E-state index in [0.717, 1.165) is 17.2 Å². The zero-order chi connectivity index (χ0) is 13.0. The van der Waals surface area contributed by atoms with Crippen LogP contribution >= 0.6 is 0 Å². The number of pyridine rings is 1. The Kier molecular flexibility index (Phi) is 3.72. The molecule has 0 atom stereocenters. The fourth-order valence-electron chi connectivity index (χ4n) is 1.61. The monoisotopic (exact) mass is 244 g/mol. The predicted molar refractivity (Wildman–Crippen MR) is 69.6 cm³/mol. The molecule has 0 saturated heterocycles. The van der Waals surface area contributed by atoms with Crippen molar-refractivity contribution in [3.8, 4) is 5.88 Å². The van der Waals surface area contributed by atoms with Crippen LogP contribution in [0.15, 0.2) is 24.3 Å². The maximum absolute atomic E-state index is 5.10. The fraction of sp³-hybridized carbons (Fsp3) is 0.308. The van der Waals surface area contributed by atoms with Gasteiger partial charge in [0.25, 0.3) is 0 Å². The summed E-state index contributed by atoms with van der Waals surface area (Å²) in [5.41, 5.74) is 1.98. The number of anilines is 1. The van der Waals surface area contributed by atoms with Crippen molar-refractivity contribution in [1.29, 1.82) is 0 Å². The number of nitrogens with zero attached hydrogens (tertiary/aromatic N) is 3. The van der Waals surface area contributed by atoms with E-state index < -0.39 is 0 Å². The van der Waals surface area contributed by atoms with Gasteiger partial charge >= 0.3 is 0 Å². The average Bonchev–Trinajstić information content (AvgIpc) is 2.36. The maximum atomic E-state index is 5.10. The van der Waals surface area contributed by atoms with E-state index in [2.05, 4.69) is 20.3 Å². The highest BCUT2D eigenvalue weighted by Gasteiger charge is 2.02. The van der Waals surface area contributed by atoms with Gasteiger partial charge in [0.1, 0.15) is 11.6 Å². The van der Waals surface area contributed by atoms with E-state index in [1.165, 1.54) is 0 Å². The van der Waals surface area contributed by atoms with Crippen molar-refractivity contribution in [3.63, 3.8) is 0 Å². The smallest absolute Gasteiger partial charge is 0.218 e. The highest BCUT2D eigenvalue weighted by Crippen LogP contribution is 2.13. The molecule has 5 nitrogen and oxygen atoms in total. The molecule has 5 heteroatoms. The number of nitrogens with one attached hydrogen (secondary N) is 1. The Labute approximate surface area is 106 Å². The van der Waals surface area contributed by atoms with Crippen LogP contribution in [0.1, 0.15) is 17.2 Å². The predicted octanol–water partition coefficient (Wildman–Crippen LogP) is 2.11. The molecule has 0 fully saturated rings. The minimum absolute atomic E-state index is 0.558. The second-order valence-corrected chi connectivity index (χ2v) is 3.97. The van der Waals surface area contributed by atoms with E-state index in [4.69, 9.17) is 4.74 Å². The highest BCUT2D eigenvalue weighted by atomic mass is 16.5. The molecule has 1 N–H and O–H groups in total. The summed E-state index contributed by atoms with van der Waals surface area (Å²) in [7, 11) is 1.59. The summed E-state index contributed by atoms with van der Waals surface area (Å²) >= 11 is 0. The van der Waals surface area contributed by atoms with Crippen molar-refractivity contribution in [2.45, 2.75) is 20.4 Å². The van der Waals surface area contributed by atoms with Gasteiger partial charge in [-0.05, 0) is 26.0 Å². The van der Waals surface area contributed by atoms with Gasteiger partial charge in [0, 0.05) is 11.8 Å². The second kappa shape index (κ2) is 5.44. The van der Waals surface area contributed by atoms with Gasteiger partial charge in [0.2, 0.25) is 5.88 Å². The Bertz CT molecular complexity index is 542. The average molecular weight is 244 g/mol. The Morgan fingerprint density at radius 3 is 2.72 bits per heavy atom. The lowest BCUT2D eigenvalue weighted by atomic mass is 10.3. The summed E-state index contributed by atoms with van der Waals surface area (Å²) in [6, 6.07) is 7.71. The molecule has 2 rings (SSSR count). The van der Waals surface area contributed by atoms with Gasteiger partial charge in [0.05, 0.1) is 19.3 Å². The number of ether oxygens (including phenoxy) is 1. The van der Waals surface area contributed by atoms with Crippen molar-refractivity contribution in [1.82, 2.24) is 15.0 Å². The molecule has 0 amide bonds. The van der Waals surface area contributed by atoms with E-state index in [1.54, 1.807) is 13.2 Å². The van der Waals surface area contributed by atoms with Gasteiger partial charge in [-0.25, -0.2) is 4.98 Å². The summed E-state index contributed by atoms with van der Waals surface area (Å²) in [6.07, 6.45) is 0. The standard InChI is InChI=1S/C13H16N4O/c1-9-5-4-6-11(15-9)8-14-12-7-13(18-3)17-10(2)16-12/h4-7H,8H2,1-3H3,(H,14,16,17). The van der Waals surface area contributed by atoms with Crippen LogP contribution in [0.3, 0.4) is 0 Å². The Balaban J connectivity index is 2.08. The lowest BCUT2D eigenvalue weighted by Gasteiger charge is -2.08. The molecule has 0 unspecified atom stereocenters. The number of rotatable bonds is 4. The van der Waals surface area contributed by atoms with Crippen LogP contribution in [0, 0.1) is 13.8 Å². The number of aromatic nitrogens is 3. The van der Waals surface area contributed by atoms with Gasteiger partial charge in [-0.1, -0.05) is 6.07 Å². The molecule has 18 heavy (non-hydrogen) atoms. The Morgan fingerprint density at radius 1 is 1.17 bits per heavy atom. The van der Waals surface area contributed by atoms with Gasteiger partial charge in [-0.15, -0.1) is 0 Å². The highest BCUT2D eigenvalue weighted by molar-refractivity contribution is 5.38. The number of methoxy groups -OCH3 is 1. The summed E-state index contributed by atoms with van der Waals surface area (Å²) in [4.78, 5) is 12.8. The SMILES string of the molecule is COc1cc(NCc2cccc(C)n2)nc(C)n1. The first-order valence-electron chi connectivity index (χ1n) is 5.73. The molecule has 2 heterocycles. The normalized spacial score (nSPS) is 10.2. The van der Waals surface area contributed by atoms with Gasteiger partial charge in [0.15, 0.2) is 0 Å². The number of hydrogen-bond donors (Lipinski definition) is 1. The molecule has 0 spiro atoms. The fourth-order valence-corrected chi connectivity index (χ4v) is 1.61. The van der Waals surface area contributed by atoms with Crippen molar-refractivity contribution in [3.05, 3.63) is 41.5 Å². The van der Waals surface area contributed by atoms with Crippen LogP contribution in [0.2, 0.25) is 0 Å². The summed E-state index contributed by atoms with van der Waals surface area (Å²) in [5, 5.41) is 3.21. The molecule has 0 aliphatic heterocycles. The van der Waals surface area contributed by atoms with Crippen LogP contribution in [-0.2, 0) is 6.54 Å². The molecular formula is C13H16N4O. The quantitative estimate of drug-likeness (QED) is 0.892. The van der Waals surface area contributed by atoms with Gasteiger partial charge in [-0.2, -0.15) is 4.98 Å². The van der Waals surface area contributed by atoms with E-state index >= 15 is 0 Å². The van der Waals surface area contributed by atoms with Gasteiger partial charge in [-0.3, -0.25) is 4.98 Å². The van der Waals surface area contributed by atoms with Crippen molar-refractivity contribution in [2.75, 3.05) is 12.4 Å². The zero-order valence-corrected chi connectivity index (χ0v) is 10.8. The molecule has 0 bridgehead atoms. The van der Waals surface area contributed by atoms with Crippen LogP contribution in [0.25, 0.3) is 0 Å². The van der Waals surface area contributed by atoms with Crippen molar-refractivity contribution < 1.29 is 4.74 Å². The maximum Gasteiger partial charge on any atom is 0.218 e. The van der Waals surface area contributed by atoms with Crippen LogP contribution in [0.5, 0.6) is 5.88 Å². The second-order valence-electron chi connectivity index (χ2n) is 3.97. The van der Waals surface area contributed by atoms with Crippen LogP contribution in [0.4, 0.5) is 5.82 Å². The molecule has 0 saturated carbocycles. The summed E-state index contributed by atoms with van der Waals surface area (Å²) in [6.45, 7) is 4.43. The molecule has 0 aliphatic rings. The molecule has 0 aromatic carbocycles.